The van der Waals surface area contributed by atoms with Gasteiger partial charge in [0.2, 0.25) is 0 Å². The highest BCUT2D eigenvalue weighted by Gasteiger charge is 2.30. The Morgan fingerprint density at radius 1 is 1.47 bits per heavy atom. The minimum atomic E-state index is -0.00819. The lowest BCUT2D eigenvalue weighted by Crippen LogP contribution is -2.07. The highest BCUT2D eigenvalue weighted by Crippen LogP contribution is 2.35. The summed E-state index contributed by atoms with van der Waals surface area (Å²) < 4.78 is 5.66. The zero-order valence-electron chi connectivity index (χ0n) is 8.94. The van der Waals surface area contributed by atoms with Crippen molar-refractivity contribution in [3.05, 3.63) is 35.4 Å². The number of nitriles is 1. The molecule has 1 saturated heterocycles. The molecule has 0 bridgehead atoms. The predicted molar refractivity (Wildman–Crippen MR) is 58.2 cm³/mol. The van der Waals surface area contributed by atoms with Crippen LogP contribution in [-0.2, 0) is 11.2 Å². The standard InChI is InChI=1S/C13H15NO/c1-2-10-5-3-4-6-12(10)13-11(9-14)7-8-15-13/h3-6,11,13H,2,7-8H2,1H3. The minimum Gasteiger partial charge on any atom is -0.372 e. The van der Waals surface area contributed by atoms with E-state index in [0.29, 0.717) is 6.61 Å². The average Bonchev–Trinajstić information content (AvgIpc) is 2.76. The monoisotopic (exact) mass is 201 g/mol. The Morgan fingerprint density at radius 2 is 2.27 bits per heavy atom. The van der Waals surface area contributed by atoms with Crippen molar-refractivity contribution in [2.75, 3.05) is 6.61 Å². The molecule has 0 radical (unpaired) electrons. The molecule has 1 aliphatic heterocycles. The smallest absolute Gasteiger partial charge is 0.0986 e. The van der Waals surface area contributed by atoms with E-state index in [2.05, 4.69) is 25.1 Å². The van der Waals surface area contributed by atoms with E-state index in [1.807, 2.05) is 12.1 Å². The van der Waals surface area contributed by atoms with Gasteiger partial charge in [0, 0.05) is 6.61 Å². The van der Waals surface area contributed by atoms with E-state index >= 15 is 0 Å². The molecule has 2 nitrogen and oxygen atoms in total. The van der Waals surface area contributed by atoms with Gasteiger partial charge in [0.1, 0.15) is 0 Å². The van der Waals surface area contributed by atoms with Crippen molar-refractivity contribution in [1.82, 2.24) is 0 Å². The molecule has 0 spiro atoms. The molecule has 1 aliphatic rings. The Morgan fingerprint density at radius 3 is 3.00 bits per heavy atom. The summed E-state index contributed by atoms with van der Waals surface area (Å²) in [5.41, 5.74) is 2.49. The summed E-state index contributed by atoms with van der Waals surface area (Å²) in [6.07, 6.45) is 1.85. The van der Waals surface area contributed by atoms with Crippen LogP contribution in [0.3, 0.4) is 0 Å². The van der Waals surface area contributed by atoms with Gasteiger partial charge in [0.15, 0.2) is 0 Å². The third-order valence-corrected chi connectivity index (χ3v) is 3.00. The van der Waals surface area contributed by atoms with Crippen molar-refractivity contribution in [3.63, 3.8) is 0 Å². The predicted octanol–water partition coefficient (Wildman–Crippen LogP) is 2.85. The molecule has 0 amide bonds. The van der Waals surface area contributed by atoms with Crippen LogP contribution >= 0.6 is 0 Å². The van der Waals surface area contributed by atoms with E-state index in [0.717, 1.165) is 12.8 Å². The van der Waals surface area contributed by atoms with Crippen LogP contribution in [-0.4, -0.2) is 6.61 Å². The lowest BCUT2D eigenvalue weighted by Gasteiger charge is -2.16. The Labute approximate surface area is 90.5 Å². The van der Waals surface area contributed by atoms with Gasteiger partial charge in [-0.25, -0.2) is 0 Å². The number of hydrogen-bond donors (Lipinski definition) is 0. The van der Waals surface area contributed by atoms with E-state index in [1.54, 1.807) is 0 Å². The summed E-state index contributed by atoms with van der Waals surface area (Å²) in [7, 11) is 0. The van der Waals surface area contributed by atoms with Crippen molar-refractivity contribution >= 4 is 0 Å². The second kappa shape index (κ2) is 4.46. The quantitative estimate of drug-likeness (QED) is 0.737. The van der Waals surface area contributed by atoms with Crippen LogP contribution in [0.4, 0.5) is 0 Å². The van der Waals surface area contributed by atoms with E-state index < -0.39 is 0 Å². The fourth-order valence-electron chi connectivity index (χ4n) is 2.16. The van der Waals surface area contributed by atoms with Gasteiger partial charge in [-0.15, -0.1) is 0 Å². The second-order valence-corrected chi connectivity index (χ2v) is 3.87. The Hall–Kier alpha value is -1.33. The fraction of sp³-hybridized carbons (Fsp3) is 0.462. The van der Waals surface area contributed by atoms with Crippen LogP contribution in [0, 0.1) is 17.2 Å². The number of nitrogens with zero attached hydrogens (tertiary/aromatic N) is 1. The average molecular weight is 201 g/mol. The molecule has 0 saturated carbocycles. The van der Waals surface area contributed by atoms with Gasteiger partial charge in [-0.3, -0.25) is 0 Å². The molecule has 1 aromatic carbocycles. The molecular formula is C13H15NO. The summed E-state index contributed by atoms with van der Waals surface area (Å²) in [6, 6.07) is 10.6. The number of ether oxygens (including phenoxy) is 1. The number of hydrogen-bond acceptors (Lipinski definition) is 2. The van der Waals surface area contributed by atoms with Crippen molar-refractivity contribution in [1.29, 1.82) is 5.26 Å². The van der Waals surface area contributed by atoms with Crippen LogP contribution in [0.5, 0.6) is 0 Å². The van der Waals surface area contributed by atoms with E-state index in [9.17, 15) is 0 Å². The van der Waals surface area contributed by atoms with Gasteiger partial charge < -0.3 is 4.74 Å². The van der Waals surface area contributed by atoms with Crippen LogP contribution in [0.15, 0.2) is 24.3 Å². The second-order valence-electron chi connectivity index (χ2n) is 3.87. The Balaban J connectivity index is 2.32. The lowest BCUT2D eigenvalue weighted by atomic mass is 9.92. The van der Waals surface area contributed by atoms with Crippen LogP contribution in [0.1, 0.15) is 30.6 Å². The SMILES string of the molecule is CCc1ccccc1C1OCCC1C#N. The number of benzene rings is 1. The fourth-order valence-corrected chi connectivity index (χ4v) is 2.16. The first kappa shape index (κ1) is 10.2. The Kier molecular flexibility index (Phi) is 3.03. The zero-order valence-corrected chi connectivity index (χ0v) is 8.94. The maximum absolute atomic E-state index is 9.03. The van der Waals surface area contributed by atoms with Crippen LogP contribution in [0.2, 0.25) is 0 Å². The summed E-state index contributed by atoms with van der Waals surface area (Å²) >= 11 is 0. The highest BCUT2D eigenvalue weighted by molar-refractivity contribution is 5.31. The van der Waals surface area contributed by atoms with Crippen molar-refractivity contribution in [3.8, 4) is 6.07 Å². The molecule has 2 heteroatoms. The normalized spacial score (nSPS) is 25.1. The van der Waals surface area contributed by atoms with Crippen molar-refractivity contribution in [2.24, 2.45) is 5.92 Å². The number of aryl methyl sites for hydroxylation is 1. The lowest BCUT2D eigenvalue weighted by molar-refractivity contribution is 0.100. The van der Waals surface area contributed by atoms with Gasteiger partial charge in [-0.2, -0.15) is 5.26 Å². The summed E-state index contributed by atoms with van der Waals surface area (Å²) in [4.78, 5) is 0. The van der Waals surface area contributed by atoms with Gasteiger partial charge in [0.25, 0.3) is 0 Å². The molecule has 15 heavy (non-hydrogen) atoms. The molecule has 2 unspecified atom stereocenters. The van der Waals surface area contributed by atoms with Gasteiger partial charge in [0.05, 0.1) is 18.1 Å². The minimum absolute atomic E-state index is 0.00819. The molecule has 78 valence electrons. The Bertz CT molecular complexity index is 380. The molecule has 2 atom stereocenters. The third-order valence-electron chi connectivity index (χ3n) is 3.00. The molecule has 1 aromatic rings. The van der Waals surface area contributed by atoms with E-state index in [-0.39, 0.29) is 12.0 Å². The topological polar surface area (TPSA) is 33.0 Å². The number of rotatable bonds is 2. The summed E-state index contributed by atoms with van der Waals surface area (Å²) in [5.74, 6) is 0.0256. The van der Waals surface area contributed by atoms with E-state index in [4.69, 9.17) is 10.00 Å². The molecule has 0 N–H and O–H groups in total. The molecule has 0 aromatic heterocycles. The largest absolute Gasteiger partial charge is 0.372 e. The van der Waals surface area contributed by atoms with Gasteiger partial charge in [-0.1, -0.05) is 31.2 Å². The maximum atomic E-state index is 9.03. The third kappa shape index (κ3) is 1.88. The first-order valence-electron chi connectivity index (χ1n) is 5.45. The van der Waals surface area contributed by atoms with Gasteiger partial charge >= 0.3 is 0 Å². The summed E-state index contributed by atoms with van der Waals surface area (Å²) in [6.45, 7) is 2.84. The van der Waals surface area contributed by atoms with Crippen LogP contribution in [0.25, 0.3) is 0 Å². The van der Waals surface area contributed by atoms with Crippen molar-refractivity contribution < 1.29 is 4.74 Å². The van der Waals surface area contributed by atoms with Crippen LogP contribution < -0.4 is 0 Å². The molecule has 1 fully saturated rings. The summed E-state index contributed by atoms with van der Waals surface area (Å²) in [5, 5.41) is 9.03. The first-order valence-corrected chi connectivity index (χ1v) is 5.45. The van der Waals surface area contributed by atoms with E-state index in [1.165, 1.54) is 11.1 Å². The molecule has 1 heterocycles. The maximum Gasteiger partial charge on any atom is 0.0986 e. The van der Waals surface area contributed by atoms with Crippen molar-refractivity contribution in [2.45, 2.75) is 25.9 Å². The molecule has 0 aliphatic carbocycles. The molecular weight excluding hydrogens is 186 g/mol. The molecule has 2 rings (SSSR count). The van der Waals surface area contributed by atoms with Gasteiger partial charge in [-0.05, 0) is 24.0 Å². The zero-order chi connectivity index (χ0) is 10.7. The highest BCUT2D eigenvalue weighted by atomic mass is 16.5. The first-order chi connectivity index (χ1) is 7.36.